The number of nitrogens with zero attached hydrogens (tertiary/aromatic N) is 9. The molecule has 14 aromatic carbocycles. The predicted molar refractivity (Wildman–Crippen MR) is 486 cm³/mol. The molecule has 0 N–H and O–H groups in total. The summed E-state index contributed by atoms with van der Waals surface area (Å²) in [5.41, 5.74) is 32.2. The van der Waals surface area contributed by atoms with Crippen molar-refractivity contribution in [3.63, 3.8) is 0 Å². The lowest BCUT2D eigenvalue weighted by Gasteiger charge is -2.13. The predicted octanol–water partition coefficient (Wildman–Crippen LogP) is 27.6. The fourth-order valence-corrected chi connectivity index (χ4v) is 16.6. The fourth-order valence-electron chi connectivity index (χ4n) is 16.6. The molecule has 22 rings (SSSR count). The van der Waals surface area contributed by atoms with Crippen molar-refractivity contribution in [2.24, 2.45) is 0 Å². The molecule has 118 heavy (non-hydrogen) atoms. The van der Waals surface area contributed by atoms with Crippen LogP contribution in [0.1, 0.15) is 0 Å². The molecule has 0 aliphatic carbocycles. The Bertz CT molecular complexity index is 7270. The summed E-state index contributed by atoms with van der Waals surface area (Å²) in [5.74, 6) is 0.680. The largest absolute Gasteiger partial charge is 0.307 e. The van der Waals surface area contributed by atoms with Crippen molar-refractivity contribution < 1.29 is 0 Å². The summed E-state index contributed by atoms with van der Waals surface area (Å²) < 4.78 is 4.73. The van der Waals surface area contributed by atoms with Crippen molar-refractivity contribution in [2.75, 3.05) is 0 Å². The van der Waals surface area contributed by atoms with Crippen molar-refractivity contribution in [3.8, 4) is 146 Å². The highest BCUT2D eigenvalue weighted by atomic mass is 15.0. The molecule has 0 fully saturated rings. The summed E-state index contributed by atoms with van der Waals surface area (Å²) >= 11 is 0. The van der Waals surface area contributed by atoms with Gasteiger partial charge in [-0.1, -0.05) is 328 Å². The van der Waals surface area contributed by atoms with Gasteiger partial charge in [0.15, 0.2) is 5.82 Å². The Kier molecular flexibility index (Phi) is 18.1. The monoisotopic (exact) mass is 1510 g/mol. The molecule has 0 radical (unpaired) electrons. The van der Waals surface area contributed by atoms with E-state index in [0.29, 0.717) is 5.82 Å². The van der Waals surface area contributed by atoms with Gasteiger partial charge in [0.2, 0.25) is 0 Å². The van der Waals surface area contributed by atoms with E-state index in [1.807, 2.05) is 48.5 Å². The molecule has 0 saturated carbocycles. The number of fused-ring (bicyclic) bond motifs is 10. The lowest BCUT2D eigenvalue weighted by Crippen LogP contribution is -1.97. The quantitative estimate of drug-likeness (QED) is 0.107. The van der Waals surface area contributed by atoms with Gasteiger partial charge in [-0.15, -0.1) is 0 Å². The van der Waals surface area contributed by atoms with Gasteiger partial charge in [-0.2, -0.15) is 0 Å². The summed E-state index contributed by atoms with van der Waals surface area (Å²) in [6.45, 7) is 0. The third-order valence-corrected chi connectivity index (χ3v) is 22.4. The molecule has 0 bridgehead atoms. The van der Waals surface area contributed by atoms with Gasteiger partial charge in [0.1, 0.15) is 0 Å². The molecule has 0 unspecified atom stereocenters. The molecule has 8 aromatic heterocycles. The first-order valence-corrected chi connectivity index (χ1v) is 39.7. The Morgan fingerprint density at radius 2 is 0.475 bits per heavy atom. The van der Waals surface area contributed by atoms with Crippen molar-refractivity contribution in [3.05, 3.63) is 431 Å². The fraction of sp³-hybridized carbons (Fsp3) is 0. The molecule has 8 heterocycles. The summed E-state index contributed by atoms with van der Waals surface area (Å²) in [6.07, 6.45) is 3.59. The molecule has 0 saturated heterocycles. The number of benzene rings is 14. The lowest BCUT2D eigenvalue weighted by molar-refractivity contribution is 1.17. The molecule has 0 atom stereocenters. The Balaban J connectivity index is 0.000000150. The topological polar surface area (TPSA) is 100 Å². The maximum absolute atomic E-state index is 5.36. The minimum atomic E-state index is 0.680. The first kappa shape index (κ1) is 69.9. The summed E-state index contributed by atoms with van der Waals surface area (Å²) in [4.78, 5) is 35.1. The van der Waals surface area contributed by atoms with E-state index in [0.717, 1.165) is 156 Å². The average molecular weight is 1510 g/mol. The van der Waals surface area contributed by atoms with Crippen LogP contribution < -0.4 is 0 Å². The SMILES string of the molecule is c1ccc(-c2ccc(-c3cc(-c4ccc(-c5ccccc5)cc4)nc(-c4ccc(-c5ccc(-c6nc7ccccc7c7c8ccccc8n(-c8ccccc8)c67)cc5)cc4)n3)cc2)cc1.c1ccc(-n2c3ccccc3c3c4ccccc4nc(-c4ccc(-c5ccc(-c6cc(-c7ccccn7)nc(-c7ccccn7)c6)cc5)cc4)c32)cc1. The third-order valence-electron chi connectivity index (χ3n) is 22.4. The van der Waals surface area contributed by atoms with Crippen molar-refractivity contribution >= 4 is 65.4 Å². The number of para-hydroxylation sites is 6. The van der Waals surface area contributed by atoms with Crippen LogP contribution in [0.2, 0.25) is 0 Å². The van der Waals surface area contributed by atoms with E-state index in [9.17, 15) is 0 Å². The Labute approximate surface area is 682 Å². The number of aromatic nitrogens is 9. The van der Waals surface area contributed by atoms with Crippen molar-refractivity contribution in [2.45, 2.75) is 0 Å². The van der Waals surface area contributed by atoms with Crippen LogP contribution in [0.4, 0.5) is 0 Å². The first-order chi connectivity index (χ1) is 58.5. The van der Waals surface area contributed by atoms with Crippen molar-refractivity contribution in [1.82, 2.24) is 44.0 Å². The van der Waals surface area contributed by atoms with E-state index in [2.05, 4.69) is 389 Å². The molecular formula is C109H71N9. The average Bonchev–Trinajstić information content (AvgIpc) is 1.56. The Morgan fingerprint density at radius 3 is 0.847 bits per heavy atom. The molecule has 0 aliphatic rings. The second kappa shape index (κ2) is 30.5. The van der Waals surface area contributed by atoms with Crippen LogP contribution in [-0.2, 0) is 0 Å². The molecular weight excluding hydrogens is 1440 g/mol. The third kappa shape index (κ3) is 13.3. The minimum Gasteiger partial charge on any atom is -0.307 e. The van der Waals surface area contributed by atoms with E-state index >= 15 is 0 Å². The molecule has 552 valence electrons. The van der Waals surface area contributed by atoms with Gasteiger partial charge in [0.25, 0.3) is 0 Å². The van der Waals surface area contributed by atoms with Crippen LogP contribution in [0, 0.1) is 0 Å². The second-order valence-corrected chi connectivity index (χ2v) is 29.5. The highest BCUT2D eigenvalue weighted by Crippen LogP contribution is 2.45. The van der Waals surface area contributed by atoms with Crippen LogP contribution in [0.3, 0.4) is 0 Å². The van der Waals surface area contributed by atoms with Crippen LogP contribution in [0.25, 0.3) is 212 Å². The van der Waals surface area contributed by atoms with Gasteiger partial charge in [-0.3, -0.25) is 9.97 Å². The minimum absolute atomic E-state index is 0.680. The molecule has 0 aliphatic heterocycles. The van der Waals surface area contributed by atoms with Crippen molar-refractivity contribution in [1.29, 1.82) is 0 Å². The van der Waals surface area contributed by atoms with E-state index in [1.165, 1.54) is 49.3 Å². The van der Waals surface area contributed by atoms with Gasteiger partial charge in [-0.25, -0.2) is 24.9 Å². The summed E-state index contributed by atoms with van der Waals surface area (Å²) in [6, 6.07) is 147. The van der Waals surface area contributed by atoms with Crippen LogP contribution in [0.5, 0.6) is 0 Å². The van der Waals surface area contributed by atoms with Gasteiger partial charge < -0.3 is 9.13 Å². The zero-order valence-electron chi connectivity index (χ0n) is 64.0. The van der Waals surface area contributed by atoms with Gasteiger partial charge in [0.05, 0.1) is 78.7 Å². The highest BCUT2D eigenvalue weighted by molar-refractivity contribution is 6.25. The smallest absolute Gasteiger partial charge is 0.160 e. The van der Waals surface area contributed by atoms with Crippen LogP contribution in [-0.4, -0.2) is 44.0 Å². The van der Waals surface area contributed by atoms with Crippen LogP contribution in [0.15, 0.2) is 431 Å². The standard InChI is InChI=1S/C61H40N4.C48H31N5/c1-4-14-41(15-5-1)43-24-32-47(33-25-43)55-40-56(48-34-26-44(27-35-48)42-16-6-2-7-17-42)64-61(63-55)50-38-30-46(31-39-50)45-28-36-49(37-29-45)59-60-58(52-20-10-12-22-54(52)62-59)53-21-11-13-23-57(53)65(60)51-18-8-3-9-19-51;1-2-12-37(13-3-1)53-45-19-7-5-15-39(45)46-38-14-4-6-16-40(38)52-47(48(46)53)35-26-24-33(25-27-35)32-20-22-34(23-21-32)36-30-43(41-17-8-10-28-49-41)51-44(31-36)42-18-9-11-29-50-42/h1-40H;1-31H. The Hall–Kier alpha value is -16.0. The number of hydrogen-bond donors (Lipinski definition) is 0. The first-order valence-electron chi connectivity index (χ1n) is 39.7. The summed E-state index contributed by atoms with van der Waals surface area (Å²) in [5, 5.41) is 7.17. The molecule has 9 nitrogen and oxygen atoms in total. The van der Waals surface area contributed by atoms with Gasteiger partial charge in [-0.05, 0) is 147 Å². The number of pyridine rings is 5. The number of hydrogen-bond acceptors (Lipinski definition) is 7. The van der Waals surface area contributed by atoms with Gasteiger partial charge in [0, 0.05) is 83.9 Å². The summed E-state index contributed by atoms with van der Waals surface area (Å²) in [7, 11) is 0. The Morgan fingerprint density at radius 1 is 0.178 bits per heavy atom. The maximum atomic E-state index is 5.36. The molecule has 0 amide bonds. The molecule has 22 aromatic rings. The molecule has 0 spiro atoms. The van der Waals surface area contributed by atoms with E-state index in [-0.39, 0.29) is 0 Å². The lowest BCUT2D eigenvalue weighted by atomic mass is 9.97. The normalized spacial score (nSPS) is 11.4. The zero-order valence-corrected chi connectivity index (χ0v) is 64.0. The highest BCUT2D eigenvalue weighted by Gasteiger charge is 2.24. The van der Waals surface area contributed by atoms with E-state index in [4.69, 9.17) is 24.9 Å². The second-order valence-electron chi connectivity index (χ2n) is 29.5. The van der Waals surface area contributed by atoms with Crippen LogP contribution >= 0.6 is 0 Å². The van der Waals surface area contributed by atoms with Gasteiger partial charge >= 0.3 is 0 Å². The molecule has 9 heteroatoms. The van der Waals surface area contributed by atoms with E-state index in [1.54, 1.807) is 12.4 Å². The maximum Gasteiger partial charge on any atom is 0.160 e. The zero-order chi connectivity index (χ0) is 78.2. The number of rotatable bonds is 14. The van der Waals surface area contributed by atoms with E-state index < -0.39 is 0 Å².